The standard InChI is InChI=1S/C10H16N4O3/c1-4-17-10(16)8-9(6(2)3)14(13-12-8)5-7(11)15/h6H,4-5H2,1-3H3,(H2,11,15). The lowest BCUT2D eigenvalue weighted by Gasteiger charge is -2.09. The van der Waals surface area contributed by atoms with Gasteiger partial charge in [0.2, 0.25) is 5.91 Å². The molecule has 0 bridgehead atoms. The van der Waals surface area contributed by atoms with Crippen LogP contribution in [0.25, 0.3) is 0 Å². The summed E-state index contributed by atoms with van der Waals surface area (Å²) in [5.41, 5.74) is 5.79. The summed E-state index contributed by atoms with van der Waals surface area (Å²) in [5, 5.41) is 7.49. The van der Waals surface area contributed by atoms with Crippen molar-refractivity contribution in [2.45, 2.75) is 33.2 Å². The number of ether oxygens (including phenoxy) is 1. The van der Waals surface area contributed by atoms with Crippen LogP contribution in [0.4, 0.5) is 0 Å². The third-order valence-corrected chi connectivity index (χ3v) is 2.09. The lowest BCUT2D eigenvalue weighted by molar-refractivity contribution is -0.118. The zero-order valence-electron chi connectivity index (χ0n) is 10.1. The largest absolute Gasteiger partial charge is 0.461 e. The molecule has 0 saturated carbocycles. The highest BCUT2D eigenvalue weighted by Crippen LogP contribution is 2.18. The molecule has 0 aliphatic heterocycles. The maximum absolute atomic E-state index is 11.6. The molecule has 1 rings (SSSR count). The van der Waals surface area contributed by atoms with Crippen molar-refractivity contribution in [1.82, 2.24) is 15.0 Å². The van der Waals surface area contributed by atoms with Gasteiger partial charge in [0.15, 0.2) is 5.69 Å². The van der Waals surface area contributed by atoms with Crippen LogP contribution in [0.15, 0.2) is 0 Å². The molecule has 94 valence electrons. The molecule has 0 fully saturated rings. The first-order chi connectivity index (χ1) is 7.97. The molecule has 1 aromatic rings. The Morgan fingerprint density at radius 2 is 2.12 bits per heavy atom. The van der Waals surface area contributed by atoms with E-state index < -0.39 is 11.9 Å². The number of hydrogen-bond donors (Lipinski definition) is 1. The van der Waals surface area contributed by atoms with Crippen molar-refractivity contribution in [1.29, 1.82) is 0 Å². The van der Waals surface area contributed by atoms with Crippen LogP contribution in [0.5, 0.6) is 0 Å². The molecule has 17 heavy (non-hydrogen) atoms. The molecule has 0 aliphatic rings. The molecule has 0 saturated heterocycles. The first-order valence-electron chi connectivity index (χ1n) is 5.36. The fourth-order valence-corrected chi connectivity index (χ4v) is 1.50. The summed E-state index contributed by atoms with van der Waals surface area (Å²) >= 11 is 0. The molecule has 1 aromatic heterocycles. The molecular weight excluding hydrogens is 224 g/mol. The highest BCUT2D eigenvalue weighted by atomic mass is 16.5. The van der Waals surface area contributed by atoms with Gasteiger partial charge in [-0.05, 0) is 12.8 Å². The Kier molecular flexibility index (Phi) is 4.19. The van der Waals surface area contributed by atoms with E-state index in [-0.39, 0.29) is 24.8 Å². The zero-order valence-corrected chi connectivity index (χ0v) is 10.1. The quantitative estimate of drug-likeness (QED) is 0.734. The lowest BCUT2D eigenvalue weighted by atomic mass is 10.1. The summed E-state index contributed by atoms with van der Waals surface area (Å²) in [6.45, 7) is 5.62. The Labute approximate surface area is 98.9 Å². The van der Waals surface area contributed by atoms with Crippen LogP contribution in [-0.2, 0) is 16.1 Å². The second kappa shape index (κ2) is 5.42. The molecule has 2 N–H and O–H groups in total. The predicted octanol–water partition coefficient (Wildman–Crippen LogP) is 0.0635. The van der Waals surface area contributed by atoms with E-state index in [1.54, 1.807) is 6.92 Å². The number of nitrogens with zero attached hydrogens (tertiary/aromatic N) is 3. The lowest BCUT2D eigenvalue weighted by Crippen LogP contribution is -2.22. The minimum atomic E-state index is -0.535. The summed E-state index contributed by atoms with van der Waals surface area (Å²) in [4.78, 5) is 22.5. The van der Waals surface area contributed by atoms with Crippen LogP contribution in [0.1, 0.15) is 42.9 Å². The molecule has 0 atom stereocenters. The number of primary amides is 1. The van der Waals surface area contributed by atoms with Gasteiger partial charge in [-0.1, -0.05) is 19.1 Å². The second-order valence-corrected chi connectivity index (χ2v) is 3.82. The Morgan fingerprint density at radius 3 is 2.59 bits per heavy atom. The number of amides is 1. The van der Waals surface area contributed by atoms with Crippen molar-refractivity contribution in [3.8, 4) is 0 Å². The highest BCUT2D eigenvalue weighted by molar-refractivity contribution is 5.88. The Bertz CT molecular complexity index is 425. The fourth-order valence-electron chi connectivity index (χ4n) is 1.50. The number of carbonyl (C=O) groups excluding carboxylic acids is 2. The number of nitrogens with two attached hydrogens (primary N) is 1. The summed E-state index contributed by atoms with van der Waals surface area (Å²) in [6.07, 6.45) is 0. The molecule has 0 aliphatic carbocycles. The molecule has 7 nitrogen and oxygen atoms in total. The van der Waals surface area contributed by atoms with Crippen LogP contribution < -0.4 is 5.73 Å². The summed E-state index contributed by atoms with van der Waals surface area (Å²) < 4.78 is 6.20. The van der Waals surface area contributed by atoms with Crippen molar-refractivity contribution >= 4 is 11.9 Å². The maximum atomic E-state index is 11.6. The minimum absolute atomic E-state index is 0.0104. The van der Waals surface area contributed by atoms with E-state index in [1.165, 1.54) is 4.68 Å². The average Bonchev–Trinajstić information content (AvgIpc) is 2.60. The van der Waals surface area contributed by atoms with Crippen molar-refractivity contribution in [2.75, 3.05) is 6.61 Å². The van der Waals surface area contributed by atoms with Gasteiger partial charge in [0.25, 0.3) is 0 Å². The van der Waals surface area contributed by atoms with Crippen molar-refractivity contribution in [2.24, 2.45) is 5.73 Å². The van der Waals surface area contributed by atoms with Crippen molar-refractivity contribution in [3.05, 3.63) is 11.4 Å². The molecule has 0 aromatic carbocycles. The van der Waals surface area contributed by atoms with Gasteiger partial charge in [-0.3, -0.25) is 4.79 Å². The van der Waals surface area contributed by atoms with Crippen LogP contribution in [-0.4, -0.2) is 33.5 Å². The van der Waals surface area contributed by atoms with Gasteiger partial charge in [-0.15, -0.1) is 5.10 Å². The van der Waals surface area contributed by atoms with Gasteiger partial charge in [0, 0.05) is 0 Å². The second-order valence-electron chi connectivity index (χ2n) is 3.82. The molecular formula is C10H16N4O3. The molecule has 1 amide bonds. The van der Waals surface area contributed by atoms with Gasteiger partial charge in [0.1, 0.15) is 6.54 Å². The monoisotopic (exact) mass is 240 g/mol. The van der Waals surface area contributed by atoms with E-state index in [2.05, 4.69) is 10.3 Å². The van der Waals surface area contributed by atoms with Gasteiger partial charge in [-0.2, -0.15) is 0 Å². The topological polar surface area (TPSA) is 100 Å². The zero-order chi connectivity index (χ0) is 13.0. The maximum Gasteiger partial charge on any atom is 0.360 e. The summed E-state index contributed by atoms with van der Waals surface area (Å²) in [5.74, 6) is -1.08. The minimum Gasteiger partial charge on any atom is -0.461 e. The van der Waals surface area contributed by atoms with Crippen LogP contribution in [0.3, 0.4) is 0 Å². The molecule has 0 unspecified atom stereocenters. The van der Waals surface area contributed by atoms with Gasteiger partial charge >= 0.3 is 5.97 Å². The van der Waals surface area contributed by atoms with E-state index in [4.69, 9.17) is 10.5 Å². The molecule has 0 radical (unpaired) electrons. The number of aromatic nitrogens is 3. The summed E-state index contributed by atoms with van der Waals surface area (Å²) in [6, 6.07) is 0. The van der Waals surface area contributed by atoms with Crippen molar-refractivity contribution < 1.29 is 14.3 Å². The number of esters is 1. The molecule has 0 spiro atoms. The SMILES string of the molecule is CCOC(=O)c1nnn(CC(N)=O)c1C(C)C. The van der Waals surface area contributed by atoms with E-state index in [0.29, 0.717) is 5.69 Å². The predicted molar refractivity (Wildman–Crippen MR) is 59.3 cm³/mol. The molecule has 1 heterocycles. The normalized spacial score (nSPS) is 10.6. The van der Waals surface area contributed by atoms with E-state index >= 15 is 0 Å². The average molecular weight is 240 g/mol. The van der Waals surface area contributed by atoms with Crippen LogP contribution >= 0.6 is 0 Å². The van der Waals surface area contributed by atoms with Crippen molar-refractivity contribution in [3.63, 3.8) is 0 Å². The number of rotatable bonds is 5. The Hall–Kier alpha value is -1.92. The van der Waals surface area contributed by atoms with Crippen LogP contribution in [0, 0.1) is 0 Å². The third kappa shape index (κ3) is 3.02. The third-order valence-electron chi connectivity index (χ3n) is 2.09. The van der Waals surface area contributed by atoms with Gasteiger partial charge in [0.05, 0.1) is 12.3 Å². The first kappa shape index (κ1) is 13.1. The Morgan fingerprint density at radius 1 is 1.47 bits per heavy atom. The van der Waals surface area contributed by atoms with Crippen LogP contribution in [0.2, 0.25) is 0 Å². The highest BCUT2D eigenvalue weighted by Gasteiger charge is 2.23. The van der Waals surface area contributed by atoms with E-state index in [1.807, 2.05) is 13.8 Å². The smallest absolute Gasteiger partial charge is 0.360 e. The van der Waals surface area contributed by atoms with E-state index in [9.17, 15) is 9.59 Å². The fraction of sp³-hybridized carbons (Fsp3) is 0.600. The number of hydrogen-bond acceptors (Lipinski definition) is 5. The first-order valence-corrected chi connectivity index (χ1v) is 5.36. The number of carbonyl (C=O) groups is 2. The van der Waals surface area contributed by atoms with Gasteiger partial charge in [-0.25, -0.2) is 9.48 Å². The summed E-state index contributed by atoms with van der Waals surface area (Å²) in [7, 11) is 0. The van der Waals surface area contributed by atoms with E-state index in [0.717, 1.165) is 0 Å². The molecule has 7 heteroatoms. The Balaban J connectivity index is 3.10. The van der Waals surface area contributed by atoms with Gasteiger partial charge < -0.3 is 10.5 Å².